The Morgan fingerprint density at radius 3 is 2.76 bits per heavy atom. The van der Waals surface area contributed by atoms with Gasteiger partial charge in [-0.25, -0.2) is 0 Å². The molecule has 0 aliphatic carbocycles. The molecule has 4 nitrogen and oxygen atoms in total. The molecule has 1 aliphatic rings. The SMILES string of the molecule is CCC(=O)N1CCC(c2cc3cc(OC)ccc3[nH]2)CC1. The number of carbonyl (C=O) groups excluding carboxylic acids is 1. The number of nitrogens with one attached hydrogen (secondary N) is 1. The largest absolute Gasteiger partial charge is 0.497 e. The van der Waals surface area contributed by atoms with Crippen LogP contribution in [0.1, 0.15) is 37.8 Å². The van der Waals surface area contributed by atoms with Crippen LogP contribution in [0.5, 0.6) is 5.75 Å². The Kier molecular flexibility index (Phi) is 3.86. The third kappa shape index (κ3) is 2.75. The number of H-pyrrole nitrogens is 1. The van der Waals surface area contributed by atoms with Crippen molar-refractivity contribution in [3.05, 3.63) is 30.0 Å². The summed E-state index contributed by atoms with van der Waals surface area (Å²) in [6, 6.07) is 8.32. The van der Waals surface area contributed by atoms with E-state index in [1.165, 1.54) is 11.1 Å². The van der Waals surface area contributed by atoms with E-state index in [0.717, 1.165) is 37.2 Å². The fourth-order valence-corrected chi connectivity index (χ4v) is 3.14. The Hall–Kier alpha value is -1.97. The summed E-state index contributed by atoms with van der Waals surface area (Å²) in [4.78, 5) is 17.2. The fraction of sp³-hybridized carbons (Fsp3) is 0.471. The Labute approximate surface area is 125 Å². The van der Waals surface area contributed by atoms with Gasteiger partial charge in [0.1, 0.15) is 5.75 Å². The number of piperidine rings is 1. The fourth-order valence-electron chi connectivity index (χ4n) is 3.14. The molecule has 112 valence electrons. The molecule has 0 radical (unpaired) electrons. The Balaban J connectivity index is 1.74. The normalized spacial score (nSPS) is 16.4. The number of methoxy groups -OCH3 is 1. The van der Waals surface area contributed by atoms with Crippen molar-refractivity contribution < 1.29 is 9.53 Å². The van der Waals surface area contributed by atoms with E-state index in [1.807, 2.05) is 17.9 Å². The molecule has 21 heavy (non-hydrogen) atoms. The van der Waals surface area contributed by atoms with Crippen molar-refractivity contribution in [3.63, 3.8) is 0 Å². The second-order valence-electron chi connectivity index (χ2n) is 5.69. The summed E-state index contributed by atoms with van der Waals surface area (Å²) < 4.78 is 5.27. The minimum absolute atomic E-state index is 0.273. The van der Waals surface area contributed by atoms with Crippen molar-refractivity contribution in [2.75, 3.05) is 20.2 Å². The van der Waals surface area contributed by atoms with Crippen molar-refractivity contribution in [1.29, 1.82) is 0 Å². The van der Waals surface area contributed by atoms with E-state index in [2.05, 4.69) is 23.2 Å². The van der Waals surface area contributed by atoms with Crippen molar-refractivity contribution in [2.24, 2.45) is 0 Å². The summed E-state index contributed by atoms with van der Waals surface area (Å²) in [6.07, 6.45) is 2.68. The highest BCUT2D eigenvalue weighted by Crippen LogP contribution is 2.31. The van der Waals surface area contributed by atoms with Crippen molar-refractivity contribution >= 4 is 16.8 Å². The zero-order valence-electron chi connectivity index (χ0n) is 12.7. The average Bonchev–Trinajstić information content (AvgIpc) is 2.97. The number of likely N-dealkylation sites (tertiary alicyclic amines) is 1. The third-order valence-corrected chi connectivity index (χ3v) is 4.44. The van der Waals surface area contributed by atoms with Crippen LogP contribution in [0.15, 0.2) is 24.3 Å². The molecule has 1 saturated heterocycles. The number of rotatable bonds is 3. The maximum absolute atomic E-state index is 11.7. The lowest BCUT2D eigenvalue weighted by Crippen LogP contribution is -2.37. The van der Waals surface area contributed by atoms with E-state index in [9.17, 15) is 4.79 Å². The van der Waals surface area contributed by atoms with Crippen LogP contribution in [0.4, 0.5) is 0 Å². The number of benzene rings is 1. The van der Waals surface area contributed by atoms with Crippen LogP contribution in [-0.4, -0.2) is 36.0 Å². The van der Waals surface area contributed by atoms with Gasteiger partial charge in [-0.2, -0.15) is 0 Å². The molecule has 3 rings (SSSR count). The van der Waals surface area contributed by atoms with Gasteiger partial charge in [0, 0.05) is 42.0 Å². The van der Waals surface area contributed by atoms with Crippen molar-refractivity contribution in [2.45, 2.75) is 32.1 Å². The van der Waals surface area contributed by atoms with Gasteiger partial charge < -0.3 is 14.6 Å². The van der Waals surface area contributed by atoms with Gasteiger partial charge in [0.15, 0.2) is 0 Å². The second-order valence-corrected chi connectivity index (χ2v) is 5.69. The first-order valence-electron chi connectivity index (χ1n) is 7.65. The first-order valence-corrected chi connectivity index (χ1v) is 7.65. The number of hydrogen-bond donors (Lipinski definition) is 1. The number of nitrogens with zero attached hydrogens (tertiary/aromatic N) is 1. The average molecular weight is 286 g/mol. The highest BCUT2D eigenvalue weighted by Gasteiger charge is 2.23. The molecule has 1 N–H and O–H groups in total. The maximum atomic E-state index is 11.7. The van der Waals surface area contributed by atoms with Crippen molar-refractivity contribution in [1.82, 2.24) is 9.88 Å². The molecule has 0 saturated carbocycles. The standard InChI is InChI=1S/C17H22N2O2/c1-3-17(20)19-8-6-12(7-9-19)16-11-13-10-14(21-2)4-5-15(13)18-16/h4-5,10-12,18H,3,6-9H2,1-2H3. The van der Waals surface area contributed by atoms with Gasteiger partial charge in [0.25, 0.3) is 0 Å². The maximum Gasteiger partial charge on any atom is 0.222 e. The molecule has 1 aromatic heterocycles. The predicted molar refractivity (Wildman–Crippen MR) is 83.7 cm³/mol. The Morgan fingerprint density at radius 2 is 2.10 bits per heavy atom. The van der Waals surface area contributed by atoms with Gasteiger partial charge in [-0.15, -0.1) is 0 Å². The van der Waals surface area contributed by atoms with Gasteiger partial charge >= 0.3 is 0 Å². The molecular formula is C17H22N2O2. The van der Waals surface area contributed by atoms with E-state index in [1.54, 1.807) is 7.11 Å². The van der Waals surface area contributed by atoms with Crippen LogP contribution in [0.2, 0.25) is 0 Å². The molecule has 2 heterocycles. The van der Waals surface area contributed by atoms with Crippen LogP contribution < -0.4 is 4.74 Å². The van der Waals surface area contributed by atoms with E-state index in [-0.39, 0.29) is 5.91 Å². The molecule has 0 spiro atoms. The molecule has 1 amide bonds. The number of hydrogen-bond acceptors (Lipinski definition) is 2. The second kappa shape index (κ2) is 5.80. The molecule has 4 heteroatoms. The highest BCUT2D eigenvalue weighted by molar-refractivity contribution is 5.82. The molecule has 0 bridgehead atoms. The molecule has 2 aromatic rings. The monoisotopic (exact) mass is 286 g/mol. The van der Waals surface area contributed by atoms with Crippen LogP contribution in [0.3, 0.4) is 0 Å². The quantitative estimate of drug-likeness (QED) is 0.941. The summed E-state index contributed by atoms with van der Waals surface area (Å²) in [5, 5.41) is 1.19. The van der Waals surface area contributed by atoms with Crippen molar-refractivity contribution in [3.8, 4) is 5.75 Å². The lowest BCUT2D eigenvalue weighted by molar-refractivity contribution is -0.131. The van der Waals surface area contributed by atoms with Crippen LogP contribution in [-0.2, 0) is 4.79 Å². The van der Waals surface area contributed by atoms with Gasteiger partial charge in [0.2, 0.25) is 5.91 Å². The summed E-state index contributed by atoms with van der Waals surface area (Å²) in [5.74, 6) is 1.68. The number of aromatic nitrogens is 1. The molecular weight excluding hydrogens is 264 g/mol. The topological polar surface area (TPSA) is 45.3 Å². The smallest absolute Gasteiger partial charge is 0.222 e. The summed E-state index contributed by atoms with van der Waals surface area (Å²) >= 11 is 0. The number of carbonyl (C=O) groups is 1. The van der Waals surface area contributed by atoms with Gasteiger partial charge in [-0.05, 0) is 37.1 Å². The summed E-state index contributed by atoms with van der Waals surface area (Å²) in [7, 11) is 1.69. The van der Waals surface area contributed by atoms with E-state index < -0.39 is 0 Å². The van der Waals surface area contributed by atoms with Crippen LogP contribution >= 0.6 is 0 Å². The summed E-state index contributed by atoms with van der Waals surface area (Å²) in [6.45, 7) is 3.67. The lowest BCUT2D eigenvalue weighted by atomic mass is 9.93. The molecule has 1 fully saturated rings. The van der Waals surface area contributed by atoms with Gasteiger partial charge in [-0.3, -0.25) is 4.79 Å². The van der Waals surface area contributed by atoms with Gasteiger partial charge in [0.05, 0.1) is 7.11 Å². The van der Waals surface area contributed by atoms with E-state index in [0.29, 0.717) is 12.3 Å². The first-order chi connectivity index (χ1) is 10.2. The number of fused-ring (bicyclic) bond motifs is 1. The number of aromatic amines is 1. The minimum atomic E-state index is 0.273. The minimum Gasteiger partial charge on any atom is -0.497 e. The number of amides is 1. The predicted octanol–water partition coefficient (Wildman–Crippen LogP) is 3.29. The van der Waals surface area contributed by atoms with Crippen LogP contribution in [0.25, 0.3) is 10.9 Å². The van der Waals surface area contributed by atoms with Gasteiger partial charge in [-0.1, -0.05) is 6.92 Å². The van der Waals surface area contributed by atoms with E-state index >= 15 is 0 Å². The Morgan fingerprint density at radius 1 is 1.33 bits per heavy atom. The number of ether oxygens (including phenoxy) is 1. The third-order valence-electron chi connectivity index (χ3n) is 4.44. The highest BCUT2D eigenvalue weighted by atomic mass is 16.5. The molecule has 1 aliphatic heterocycles. The lowest BCUT2D eigenvalue weighted by Gasteiger charge is -2.31. The van der Waals surface area contributed by atoms with Crippen LogP contribution in [0, 0.1) is 0 Å². The molecule has 1 aromatic carbocycles. The molecule has 0 unspecified atom stereocenters. The zero-order chi connectivity index (χ0) is 14.8. The first kappa shape index (κ1) is 14.0. The zero-order valence-corrected chi connectivity index (χ0v) is 12.7. The summed E-state index contributed by atoms with van der Waals surface area (Å²) in [5.41, 5.74) is 2.43. The molecule has 0 atom stereocenters. The van der Waals surface area contributed by atoms with E-state index in [4.69, 9.17) is 4.74 Å². The Bertz CT molecular complexity index is 639.